The standard InChI is InChI=1S/C15H24N2OSi/c1-13-9-10-17(11-13)12-16-14-7-5-6-8-15(14)18-19(2,3)4/h5-8,12-13H,9-11H2,1-4H3. The Morgan fingerprint density at radius 1 is 1.32 bits per heavy atom. The molecule has 19 heavy (non-hydrogen) atoms. The summed E-state index contributed by atoms with van der Waals surface area (Å²) in [6.07, 6.45) is 3.23. The third-order valence-electron chi connectivity index (χ3n) is 3.10. The molecule has 4 heteroatoms. The molecule has 3 nitrogen and oxygen atoms in total. The van der Waals surface area contributed by atoms with Crippen LogP contribution in [-0.4, -0.2) is 32.6 Å². The zero-order chi connectivity index (χ0) is 13.9. The Bertz CT molecular complexity index is 454. The highest BCUT2D eigenvalue weighted by Crippen LogP contribution is 2.29. The first-order valence-corrected chi connectivity index (χ1v) is 10.4. The van der Waals surface area contributed by atoms with Crippen LogP contribution in [0.25, 0.3) is 0 Å². The van der Waals surface area contributed by atoms with Crippen molar-refractivity contribution in [1.82, 2.24) is 4.90 Å². The van der Waals surface area contributed by atoms with E-state index < -0.39 is 8.32 Å². The van der Waals surface area contributed by atoms with Crippen LogP contribution in [-0.2, 0) is 0 Å². The normalized spacial score (nSPS) is 20.2. The van der Waals surface area contributed by atoms with Crippen LogP contribution < -0.4 is 4.43 Å². The third kappa shape index (κ3) is 4.38. The molecule has 0 radical (unpaired) electrons. The summed E-state index contributed by atoms with van der Waals surface area (Å²) < 4.78 is 6.08. The molecular formula is C15H24N2OSi. The zero-order valence-electron chi connectivity index (χ0n) is 12.4. The van der Waals surface area contributed by atoms with Gasteiger partial charge in [-0.3, -0.25) is 0 Å². The van der Waals surface area contributed by atoms with Gasteiger partial charge < -0.3 is 9.33 Å². The van der Waals surface area contributed by atoms with Gasteiger partial charge in [0.25, 0.3) is 0 Å². The second-order valence-corrected chi connectivity index (χ2v) is 10.7. The molecule has 104 valence electrons. The highest BCUT2D eigenvalue weighted by Gasteiger charge is 2.18. The van der Waals surface area contributed by atoms with E-state index in [2.05, 4.69) is 36.5 Å². The van der Waals surface area contributed by atoms with Gasteiger partial charge in [-0.2, -0.15) is 0 Å². The molecule has 0 bridgehead atoms. The van der Waals surface area contributed by atoms with Gasteiger partial charge >= 0.3 is 0 Å². The molecule has 0 saturated carbocycles. The van der Waals surface area contributed by atoms with Crippen LogP contribution in [0, 0.1) is 5.92 Å². The molecule has 1 aliphatic rings. The van der Waals surface area contributed by atoms with E-state index in [9.17, 15) is 0 Å². The topological polar surface area (TPSA) is 24.8 Å². The molecule has 1 unspecified atom stereocenters. The van der Waals surface area contributed by atoms with E-state index >= 15 is 0 Å². The van der Waals surface area contributed by atoms with Crippen molar-refractivity contribution in [2.75, 3.05) is 13.1 Å². The largest absolute Gasteiger partial charge is 0.543 e. The highest BCUT2D eigenvalue weighted by atomic mass is 28.4. The predicted octanol–water partition coefficient (Wildman–Crippen LogP) is 3.90. The van der Waals surface area contributed by atoms with Gasteiger partial charge in [-0.05, 0) is 44.1 Å². The second kappa shape index (κ2) is 5.78. The van der Waals surface area contributed by atoms with Crippen LogP contribution in [0.1, 0.15) is 13.3 Å². The smallest absolute Gasteiger partial charge is 0.242 e. The fourth-order valence-electron chi connectivity index (χ4n) is 2.20. The van der Waals surface area contributed by atoms with E-state index in [4.69, 9.17) is 4.43 Å². The van der Waals surface area contributed by atoms with Crippen molar-refractivity contribution in [3.63, 3.8) is 0 Å². The van der Waals surface area contributed by atoms with Crippen molar-refractivity contribution in [2.45, 2.75) is 33.0 Å². The Kier molecular flexibility index (Phi) is 4.30. The van der Waals surface area contributed by atoms with Crippen molar-refractivity contribution in [1.29, 1.82) is 0 Å². The van der Waals surface area contributed by atoms with Crippen LogP contribution in [0.4, 0.5) is 5.69 Å². The summed E-state index contributed by atoms with van der Waals surface area (Å²) in [4.78, 5) is 6.89. The number of rotatable bonds is 4. The SMILES string of the molecule is CC1CCN(C=Nc2ccccc2O[Si](C)(C)C)C1. The summed E-state index contributed by atoms with van der Waals surface area (Å²) >= 11 is 0. The summed E-state index contributed by atoms with van der Waals surface area (Å²) in [6.45, 7) is 11.1. The first kappa shape index (κ1) is 14.1. The Balaban J connectivity index is 2.09. The van der Waals surface area contributed by atoms with Crippen LogP contribution in [0.15, 0.2) is 29.3 Å². The molecule has 1 aromatic carbocycles. The van der Waals surface area contributed by atoms with Gasteiger partial charge in [0.1, 0.15) is 11.4 Å². The molecular weight excluding hydrogens is 252 g/mol. The molecule has 0 spiro atoms. The minimum absolute atomic E-state index is 0.778. The lowest BCUT2D eigenvalue weighted by molar-refractivity contribution is 0.507. The van der Waals surface area contributed by atoms with Crippen molar-refractivity contribution in [3.8, 4) is 5.75 Å². The van der Waals surface area contributed by atoms with Crippen LogP contribution in [0.5, 0.6) is 5.75 Å². The number of para-hydroxylation sites is 2. The Hall–Kier alpha value is -1.29. The first-order valence-electron chi connectivity index (χ1n) is 7.00. The summed E-state index contributed by atoms with van der Waals surface area (Å²) in [6, 6.07) is 8.05. The number of hydrogen-bond acceptors (Lipinski definition) is 2. The first-order chi connectivity index (χ1) is 8.94. The van der Waals surface area contributed by atoms with Crippen LogP contribution >= 0.6 is 0 Å². The summed E-state index contributed by atoms with van der Waals surface area (Å²) in [5.74, 6) is 1.69. The summed E-state index contributed by atoms with van der Waals surface area (Å²) in [5, 5.41) is 0. The number of benzene rings is 1. The maximum absolute atomic E-state index is 6.08. The van der Waals surface area contributed by atoms with E-state index in [1.807, 2.05) is 30.6 Å². The quantitative estimate of drug-likeness (QED) is 0.473. The van der Waals surface area contributed by atoms with E-state index in [1.54, 1.807) is 0 Å². The molecule has 1 aromatic rings. The maximum atomic E-state index is 6.08. The maximum Gasteiger partial charge on any atom is 0.242 e. The zero-order valence-corrected chi connectivity index (χ0v) is 13.4. The third-order valence-corrected chi connectivity index (χ3v) is 3.93. The van der Waals surface area contributed by atoms with Gasteiger partial charge in [-0.25, -0.2) is 4.99 Å². The lowest BCUT2D eigenvalue weighted by Crippen LogP contribution is -2.29. The lowest BCUT2D eigenvalue weighted by atomic mass is 10.2. The average Bonchev–Trinajstić information content (AvgIpc) is 2.72. The molecule has 0 N–H and O–H groups in total. The molecule has 1 aliphatic heterocycles. The van der Waals surface area contributed by atoms with Crippen molar-refractivity contribution in [2.24, 2.45) is 10.9 Å². The van der Waals surface area contributed by atoms with Crippen LogP contribution in [0.2, 0.25) is 19.6 Å². The number of hydrogen-bond donors (Lipinski definition) is 0. The molecule has 1 saturated heterocycles. The molecule has 2 rings (SSSR count). The lowest BCUT2D eigenvalue weighted by Gasteiger charge is -2.20. The van der Waals surface area contributed by atoms with Crippen molar-refractivity contribution < 1.29 is 4.43 Å². The number of likely N-dealkylation sites (tertiary alicyclic amines) is 1. The van der Waals surface area contributed by atoms with Gasteiger partial charge in [-0.1, -0.05) is 19.1 Å². The van der Waals surface area contributed by atoms with Gasteiger partial charge in [0.2, 0.25) is 8.32 Å². The van der Waals surface area contributed by atoms with E-state index in [0.717, 1.165) is 30.4 Å². The molecule has 0 aromatic heterocycles. The van der Waals surface area contributed by atoms with Gasteiger partial charge in [-0.15, -0.1) is 0 Å². The fourth-order valence-corrected chi connectivity index (χ4v) is 3.03. The fraction of sp³-hybridized carbons (Fsp3) is 0.533. The molecule has 0 aliphatic carbocycles. The van der Waals surface area contributed by atoms with E-state index in [-0.39, 0.29) is 0 Å². The second-order valence-electron chi connectivity index (χ2n) is 6.32. The minimum Gasteiger partial charge on any atom is -0.543 e. The van der Waals surface area contributed by atoms with Gasteiger partial charge in [0.15, 0.2) is 0 Å². The Morgan fingerprint density at radius 3 is 2.68 bits per heavy atom. The monoisotopic (exact) mass is 276 g/mol. The Morgan fingerprint density at radius 2 is 2.05 bits per heavy atom. The van der Waals surface area contributed by atoms with Crippen molar-refractivity contribution >= 4 is 20.3 Å². The average molecular weight is 276 g/mol. The molecule has 1 atom stereocenters. The van der Waals surface area contributed by atoms with Crippen molar-refractivity contribution in [3.05, 3.63) is 24.3 Å². The van der Waals surface area contributed by atoms with Gasteiger partial charge in [0.05, 0.1) is 6.34 Å². The van der Waals surface area contributed by atoms with E-state index in [1.165, 1.54) is 6.42 Å². The summed E-state index contributed by atoms with van der Waals surface area (Å²) in [7, 11) is -1.59. The molecule has 1 fully saturated rings. The van der Waals surface area contributed by atoms with E-state index in [0.29, 0.717) is 0 Å². The number of nitrogens with zero attached hydrogens (tertiary/aromatic N) is 2. The predicted molar refractivity (Wildman–Crippen MR) is 83.9 cm³/mol. The highest BCUT2D eigenvalue weighted by molar-refractivity contribution is 6.70. The van der Waals surface area contributed by atoms with Crippen LogP contribution in [0.3, 0.4) is 0 Å². The molecule has 0 amide bonds. The number of aliphatic imine (C=N–C) groups is 1. The summed E-state index contributed by atoms with van der Waals surface area (Å²) in [5.41, 5.74) is 0.935. The minimum atomic E-state index is -1.59. The van der Waals surface area contributed by atoms with Gasteiger partial charge in [0, 0.05) is 13.1 Å². The Labute approximate surface area is 117 Å². The molecule has 1 heterocycles.